The van der Waals surface area contributed by atoms with Gasteiger partial charge < -0.3 is 10.4 Å². The second kappa shape index (κ2) is 8.22. The van der Waals surface area contributed by atoms with Crippen molar-refractivity contribution in [2.75, 3.05) is 11.1 Å². The van der Waals surface area contributed by atoms with Crippen LogP contribution in [-0.4, -0.2) is 25.2 Å². The molecule has 0 unspecified atom stereocenters. The highest BCUT2D eigenvalue weighted by Crippen LogP contribution is 2.25. The van der Waals surface area contributed by atoms with Crippen molar-refractivity contribution in [3.63, 3.8) is 0 Å². The Bertz CT molecular complexity index is 1080. The third-order valence-electron chi connectivity index (χ3n) is 4.17. The number of hydrogen-bond donors (Lipinski definition) is 2. The number of hydrogen-bond acceptors (Lipinski definition) is 4. The Morgan fingerprint density at radius 1 is 0.929 bits per heavy atom. The van der Waals surface area contributed by atoms with Gasteiger partial charge in [0, 0.05) is 23.4 Å². The molecule has 0 spiro atoms. The number of sulfone groups is 1. The zero-order valence-electron chi connectivity index (χ0n) is 14.8. The van der Waals surface area contributed by atoms with Gasteiger partial charge in [0.2, 0.25) is 0 Å². The fraction of sp³-hybridized carbons (Fsp3) is 0.0952. The maximum atomic E-state index is 14.8. The molecule has 2 N–H and O–H groups in total. The van der Waals surface area contributed by atoms with Gasteiger partial charge in [-0.25, -0.2) is 12.8 Å². The standard InChI is InChI=1S/C21H18FNO4S/c22-21-16(7-4-8-19(21)15-5-2-1-3-6-15)13-23-17-9-11-18(12-10-17)28(26,27)14-20(24)25/h1-12,23H,13-14H2,(H,24,25). The second-order valence-electron chi connectivity index (χ2n) is 6.18. The molecule has 0 atom stereocenters. The summed E-state index contributed by atoms with van der Waals surface area (Å²) in [5.74, 6) is -2.69. The quantitative estimate of drug-likeness (QED) is 0.628. The predicted octanol–water partition coefficient (Wildman–Crippen LogP) is 3.96. The lowest BCUT2D eigenvalue weighted by molar-refractivity contribution is -0.134. The highest BCUT2D eigenvalue weighted by molar-refractivity contribution is 7.92. The van der Waals surface area contributed by atoms with E-state index in [0.29, 0.717) is 16.8 Å². The molecule has 0 saturated carbocycles. The van der Waals surface area contributed by atoms with Crippen LogP contribution in [0.2, 0.25) is 0 Å². The van der Waals surface area contributed by atoms with E-state index in [4.69, 9.17) is 5.11 Å². The maximum absolute atomic E-state index is 14.8. The zero-order chi connectivity index (χ0) is 20.1. The first kappa shape index (κ1) is 19.6. The van der Waals surface area contributed by atoms with Crippen molar-refractivity contribution in [3.8, 4) is 11.1 Å². The Balaban J connectivity index is 1.74. The van der Waals surface area contributed by atoms with Crippen LogP contribution in [0.15, 0.2) is 77.7 Å². The van der Waals surface area contributed by atoms with E-state index in [-0.39, 0.29) is 17.3 Å². The Morgan fingerprint density at radius 3 is 2.25 bits per heavy atom. The molecule has 7 heteroatoms. The highest BCUT2D eigenvalue weighted by atomic mass is 32.2. The number of carboxylic acid groups (broad SMARTS) is 1. The Labute approximate surface area is 162 Å². The summed E-state index contributed by atoms with van der Waals surface area (Å²) in [5, 5.41) is 11.7. The fourth-order valence-electron chi connectivity index (χ4n) is 2.78. The molecule has 0 aliphatic rings. The lowest BCUT2D eigenvalue weighted by Gasteiger charge is -2.11. The normalized spacial score (nSPS) is 11.2. The van der Waals surface area contributed by atoms with Crippen molar-refractivity contribution in [3.05, 3.63) is 84.2 Å². The molecule has 0 aliphatic carbocycles. The van der Waals surface area contributed by atoms with E-state index >= 15 is 0 Å². The molecule has 0 amide bonds. The highest BCUT2D eigenvalue weighted by Gasteiger charge is 2.18. The molecule has 144 valence electrons. The molecule has 28 heavy (non-hydrogen) atoms. The summed E-state index contributed by atoms with van der Waals surface area (Å²) < 4.78 is 38.6. The van der Waals surface area contributed by atoms with Gasteiger partial charge in [0.25, 0.3) is 0 Å². The van der Waals surface area contributed by atoms with Crippen LogP contribution in [-0.2, 0) is 21.2 Å². The maximum Gasteiger partial charge on any atom is 0.319 e. The first-order valence-electron chi connectivity index (χ1n) is 8.48. The van der Waals surface area contributed by atoms with Crippen molar-refractivity contribution in [2.24, 2.45) is 0 Å². The van der Waals surface area contributed by atoms with Gasteiger partial charge in [0.1, 0.15) is 5.82 Å². The summed E-state index contributed by atoms with van der Waals surface area (Å²) in [6, 6.07) is 20.1. The van der Waals surface area contributed by atoms with Gasteiger partial charge in [-0.05, 0) is 29.8 Å². The summed E-state index contributed by atoms with van der Waals surface area (Å²) in [6.45, 7) is 0.216. The number of carboxylic acids is 1. The number of anilines is 1. The van der Waals surface area contributed by atoms with Crippen molar-refractivity contribution in [1.82, 2.24) is 0 Å². The average molecular weight is 399 g/mol. The molecule has 0 bridgehead atoms. The van der Waals surface area contributed by atoms with E-state index in [1.54, 1.807) is 18.2 Å². The smallest absolute Gasteiger partial charge is 0.319 e. The van der Waals surface area contributed by atoms with Gasteiger partial charge in [0.05, 0.1) is 4.90 Å². The van der Waals surface area contributed by atoms with E-state index in [9.17, 15) is 17.6 Å². The topological polar surface area (TPSA) is 83.5 Å². The molecule has 0 heterocycles. The monoisotopic (exact) mass is 399 g/mol. The van der Waals surface area contributed by atoms with Crippen LogP contribution >= 0.6 is 0 Å². The van der Waals surface area contributed by atoms with E-state index in [1.807, 2.05) is 30.3 Å². The summed E-state index contributed by atoms with van der Waals surface area (Å²) >= 11 is 0. The first-order chi connectivity index (χ1) is 13.4. The van der Waals surface area contributed by atoms with Crippen LogP contribution in [0.1, 0.15) is 5.56 Å². The van der Waals surface area contributed by atoms with Crippen LogP contribution in [0.3, 0.4) is 0 Å². The number of halogens is 1. The van der Waals surface area contributed by atoms with Crippen LogP contribution in [0, 0.1) is 5.82 Å². The summed E-state index contributed by atoms with van der Waals surface area (Å²) in [5.41, 5.74) is 2.37. The van der Waals surface area contributed by atoms with Crippen molar-refractivity contribution in [1.29, 1.82) is 0 Å². The van der Waals surface area contributed by atoms with Crippen LogP contribution < -0.4 is 5.32 Å². The molecule has 3 aromatic carbocycles. The van der Waals surface area contributed by atoms with Gasteiger partial charge in [-0.15, -0.1) is 0 Å². The summed E-state index contributed by atoms with van der Waals surface area (Å²) in [6.07, 6.45) is 0. The number of nitrogens with one attached hydrogen (secondary N) is 1. The van der Waals surface area contributed by atoms with Gasteiger partial charge in [0.15, 0.2) is 15.6 Å². The number of carbonyl (C=O) groups is 1. The minimum absolute atomic E-state index is 0.0716. The Hall–Kier alpha value is -3.19. The predicted molar refractivity (Wildman–Crippen MR) is 105 cm³/mol. The van der Waals surface area contributed by atoms with Crippen LogP contribution in [0.4, 0.5) is 10.1 Å². The number of benzene rings is 3. The van der Waals surface area contributed by atoms with E-state index in [2.05, 4.69) is 5.32 Å². The molecule has 0 radical (unpaired) electrons. The SMILES string of the molecule is O=C(O)CS(=O)(=O)c1ccc(NCc2cccc(-c3ccccc3)c2F)cc1. The van der Waals surface area contributed by atoms with Gasteiger partial charge in [-0.3, -0.25) is 4.79 Å². The minimum atomic E-state index is -3.87. The Kier molecular flexibility index (Phi) is 5.75. The molecular formula is C21H18FNO4S. The van der Waals surface area contributed by atoms with E-state index in [1.165, 1.54) is 24.3 Å². The van der Waals surface area contributed by atoms with Gasteiger partial charge in [-0.2, -0.15) is 0 Å². The van der Waals surface area contributed by atoms with E-state index < -0.39 is 21.6 Å². The summed E-state index contributed by atoms with van der Waals surface area (Å²) in [7, 11) is -3.87. The van der Waals surface area contributed by atoms with Crippen LogP contribution in [0.5, 0.6) is 0 Å². The molecule has 0 fully saturated rings. The lowest BCUT2D eigenvalue weighted by atomic mass is 10.0. The first-order valence-corrected chi connectivity index (χ1v) is 10.1. The average Bonchev–Trinajstić information content (AvgIpc) is 2.67. The third-order valence-corrected chi connectivity index (χ3v) is 5.79. The van der Waals surface area contributed by atoms with Crippen LogP contribution in [0.25, 0.3) is 11.1 Å². The minimum Gasteiger partial charge on any atom is -0.480 e. The molecular weight excluding hydrogens is 381 g/mol. The zero-order valence-corrected chi connectivity index (χ0v) is 15.6. The van der Waals surface area contributed by atoms with Gasteiger partial charge >= 0.3 is 5.97 Å². The van der Waals surface area contributed by atoms with E-state index in [0.717, 1.165) is 5.56 Å². The molecule has 5 nitrogen and oxygen atoms in total. The summed E-state index contributed by atoms with van der Waals surface area (Å²) in [4.78, 5) is 10.6. The molecule has 0 aliphatic heterocycles. The molecule has 3 aromatic rings. The molecule has 0 aromatic heterocycles. The number of aliphatic carboxylic acids is 1. The molecule has 3 rings (SSSR count). The fourth-order valence-corrected chi connectivity index (χ4v) is 3.82. The Morgan fingerprint density at radius 2 is 1.61 bits per heavy atom. The third kappa shape index (κ3) is 4.55. The molecule has 0 saturated heterocycles. The van der Waals surface area contributed by atoms with Crippen molar-refractivity contribution in [2.45, 2.75) is 11.4 Å². The van der Waals surface area contributed by atoms with Gasteiger partial charge in [-0.1, -0.05) is 48.5 Å². The lowest BCUT2D eigenvalue weighted by Crippen LogP contribution is -2.15. The van der Waals surface area contributed by atoms with Crippen molar-refractivity contribution >= 4 is 21.5 Å². The van der Waals surface area contributed by atoms with Crippen molar-refractivity contribution < 1.29 is 22.7 Å². The second-order valence-corrected chi connectivity index (χ2v) is 8.17. The largest absolute Gasteiger partial charge is 0.480 e. The number of rotatable bonds is 7.